The van der Waals surface area contributed by atoms with Crippen molar-refractivity contribution in [2.45, 2.75) is 20.0 Å². The van der Waals surface area contributed by atoms with E-state index in [2.05, 4.69) is 10.5 Å². The summed E-state index contributed by atoms with van der Waals surface area (Å²) in [5, 5.41) is 19.8. The van der Waals surface area contributed by atoms with Gasteiger partial charge in [0.05, 0.1) is 17.4 Å². The van der Waals surface area contributed by atoms with Crippen molar-refractivity contribution in [3.05, 3.63) is 54.1 Å². The minimum absolute atomic E-state index is 0.158. The molecule has 0 heterocycles. The first-order valence-corrected chi connectivity index (χ1v) is 7.90. The van der Waals surface area contributed by atoms with Crippen LogP contribution >= 0.6 is 0 Å². The van der Waals surface area contributed by atoms with Crippen molar-refractivity contribution >= 4 is 23.2 Å². The molecular formula is C19H19N5O2. The zero-order valence-electron chi connectivity index (χ0n) is 14.5. The average molecular weight is 349 g/mol. The monoisotopic (exact) mass is 349 g/mol. The number of ether oxygens (including phenoxy) is 1. The lowest BCUT2D eigenvalue weighted by atomic mass is 10.0. The quantitative estimate of drug-likeness (QED) is 0.320. The number of hydrogen-bond donors (Lipinski definition) is 3. The molecule has 0 atom stereocenters. The Bertz CT molecular complexity index is 862. The number of benzene rings is 2. The van der Waals surface area contributed by atoms with Gasteiger partial charge >= 0.3 is 5.97 Å². The molecule has 2 rings (SSSR count). The number of carbonyl (C=O) groups excluding carboxylic acids is 1. The van der Waals surface area contributed by atoms with Crippen LogP contribution in [0.1, 0.15) is 24.2 Å². The Morgan fingerprint density at radius 1 is 1.15 bits per heavy atom. The zero-order valence-corrected chi connectivity index (χ0v) is 14.5. The highest BCUT2D eigenvalue weighted by atomic mass is 16.5. The van der Waals surface area contributed by atoms with Crippen LogP contribution in [0, 0.1) is 16.7 Å². The number of hydrogen-bond acceptors (Lipinski definition) is 6. The summed E-state index contributed by atoms with van der Waals surface area (Å²) >= 11 is 0. The molecule has 0 radical (unpaired) electrons. The molecule has 7 heteroatoms. The molecule has 0 spiro atoms. The number of amidine groups is 1. The van der Waals surface area contributed by atoms with E-state index < -0.39 is 5.84 Å². The highest BCUT2D eigenvalue weighted by molar-refractivity contribution is 6.45. The molecule has 0 saturated carbocycles. The fraction of sp³-hybridized carbons (Fsp3) is 0.158. The van der Waals surface area contributed by atoms with Crippen LogP contribution in [0.3, 0.4) is 0 Å². The smallest absolute Gasteiger partial charge is 0.338 e. The van der Waals surface area contributed by atoms with E-state index in [1.807, 2.05) is 38.1 Å². The van der Waals surface area contributed by atoms with Crippen LogP contribution in [0.25, 0.3) is 11.1 Å². The Morgan fingerprint density at radius 2 is 1.69 bits per heavy atom. The zero-order chi connectivity index (χ0) is 19.1. The molecule has 0 amide bonds. The van der Waals surface area contributed by atoms with Gasteiger partial charge in [0.1, 0.15) is 6.07 Å². The minimum atomic E-state index is -0.396. The van der Waals surface area contributed by atoms with Crippen molar-refractivity contribution in [2.24, 2.45) is 10.8 Å². The summed E-state index contributed by atoms with van der Waals surface area (Å²) in [6.45, 7) is 3.61. The molecule has 0 aliphatic carbocycles. The first kappa shape index (κ1) is 18.7. The molecule has 0 aromatic heterocycles. The summed E-state index contributed by atoms with van der Waals surface area (Å²) in [6, 6.07) is 16.2. The lowest BCUT2D eigenvalue weighted by Crippen LogP contribution is -2.21. The van der Waals surface area contributed by atoms with Crippen molar-refractivity contribution in [1.82, 2.24) is 0 Å². The summed E-state index contributed by atoms with van der Waals surface area (Å²) in [6.07, 6.45) is -0.158. The Morgan fingerprint density at radius 3 is 2.15 bits per heavy atom. The van der Waals surface area contributed by atoms with E-state index in [1.165, 1.54) is 0 Å². The van der Waals surface area contributed by atoms with E-state index in [1.54, 1.807) is 30.3 Å². The van der Waals surface area contributed by atoms with E-state index in [9.17, 15) is 4.79 Å². The first-order valence-electron chi connectivity index (χ1n) is 7.90. The molecular weight excluding hydrogens is 330 g/mol. The third kappa shape index (κ3) is 4.92. The second-order valence-corrected chi connectivity index (χ2v) is 5.71. The Kier molecular flexibility index (Phi) is 6.06. The first-order chi connectivity index (χ1) is 12.4. The molecule has 2 aromatic carbocycles. The molecule has 132 valence electrons. The highest BCUT2D eigenvalue weighted by Gasteiger charge is 2.09. The van der Waals surface area contributed by atoms with E-state index in [0.717, 1.165) is 11.1 Å². The number of anilines is 1. The number of hydrazone groups is 1. The molecule has 7 nitrogen and oxygen atoms in total. The van der Waals surface area contributed by atoms with E-state index >= 15 is 0 Å². The van der Waals surface area contributed by atoms with Gasteiger partial charge in [-0.3, -0.25) is 10.8 Å². The maximum absolute atomic E-state index is 11.9. The van der Waals surface area contributed by atoms with Crippen molar-refractivity contribution in [3.8, 4) is 17.2 Å². The summed E-state index contributed by atoms with van der Waals surface area (Å²) in [7, 11) is 0. The SMILES string of the molecule is CC(C)OC(=O)c1ccc(-c2ccc(N/N=C(\C#N)C(=N)N)cc2)cc1. The van der Waals surface area contributed by atoms with Crippen molar-refractivity contribution < 1.29 is 9.53 Å². The van der Waals surface area contributed by atoms with Gasteiger partial charge in [-0.2, -0.15) is 10.4 Å². The van der Waals surface area contributed by atoms with Gasteiger partial charge in [0.2, 0.25) is 5.71 Å². The van der Waals surface area contributed by atoms with Crippen LogP contribution in [-0.4, -0.2) is 23.6 Å². The van der Waals surface area contributed by atoms with Gasteiger partial charge in [0.25, 0.3) is 0 Å². The van der Waals surface area contributed by atoms with Crippen LogP contribution in [0.4, 0.5) is 5.69 Å². The van der Waals surface area contributed by atoms with Gasteiger partial charge in [-0.1, -0.05) is 24.3 Å². The summed E-state index contributed by atoms with van der Waals surface area (Å²) in [5.74, 6) is -0.740. The Labute approximate surface area is 151 Å². The summed E-state index contributed by atoms with van der Waals surface area (Å²) in [5.41, 5.74) is 10.8. The van der Waals surface area contributed by atoms with Gasteiger partial charge in [-0.05, 0) is 49.2 Å². The number of rotatable bonds is 6. The van der Waals surface area contributed by atoms with Gasteiger partial charge in [0, 0.05) is 0 Å². The average Bonchev–Trinajstić information content (AvgIpc) is 2.62. The minimum Gasteiger partial charge on any atom is -0.459 e. The maximum Gasteiger partial charge on any atom is 0.338 e. The Balaban J connectivity index is 2.10. The highest BCUT2D eigenvalue weighted by Crippen LogP contribution is 2.22. The van der Waals surface area contributed by atoms with E-state index in [4.69, 9.17) is 21.1 Å². The van der Waals surface area contributed by atoms with Gasteiger partial charge in [0.15, 0.2) is 5.84 Å². The number of nitrogens with zero attached hydrogens (tertiary/aromatic N) is 2. The molecule has 0 fully saturated rings. The van der Waals surface area contributed by atoms with Crippen LogP contribution in [0.5, 0.6) is 0 Å². The number of nitriles is 1. The fourth-order valence-electron chi connectivity index (χ4n) is 2.08. The van der Waals surface area contributed by atoms with E-state index in [-0.39, 0.29) is 17.8 Å². The third-order valence-electron chi connectivity index (χ3n) is 3.34. The molecule has 0 unspecified atom stereocenters. The number of carbonyl (C=O) groups is 1. The second-order valence-electron chi connectivity index (χ2n) is 5.71. The number of nitrogens with two attached hydrogens (primary N) is 1. The number of nitrogens with one attached hydrogen (secondary N) is 2. The lowest BCUT2D eigenvalue weighted by Gasteiger charge is -2.09. The number of esters is 1. The molecule has 0 aliphatic heterocycles. The molecule has 26 heavy (non-hydrogen) atoms. The molecule has 2 aromatic rings. The second kappa shape index (κ2) is 8.44. The van der Waals surface area contributed by atoms with Crippen molar-refractivity contribution in [3.63, 3.8) is 0 Å². The van der Waals surface area contributed by atoms with Crippen LogP contribution < -0.4 is 11.2 Å². The van der Waals surface area contributed by atoms with Crippen LogP contribution in [0.15, 0.2) is 53.6 Å². The largest absolute Gasteiger partial charge is 0.459 e. The standard InChI is InChI=1S/C19H19N5O2/c1-12(2)26-19(25)15-5-3-13(4-6-15)14-7-9-16(10-8-14)23-24-17(11-20)18(21)22/h3-10,12,23H,1-2H3,(H3,21,22)/b24-17+. The third-order valence-corrected chi connectivity index (χ3v) is 3.34. The van der Waals surface area contributed by atoms with Crippen LogP contribution in [-0.2, 0) is 4.74 Å². The predicted octanol–water partition coefficient (Wildman–Crippen LogP) is 3.15. The predicted molar refractivity (Wildman–Crippen MR) is 101 cm³/mol. The topological polar surface area (TPSA) is 124 Å². The summed E-state index contributed by atoms with van der Waals surface area (Å²) < 4.78 is 5.16. The molecule has 4 N–H and O–H groups in total. The van der Waals surface area contributed by atoms with E-state index in [0.29, 0.717) is 11.3 Å². The summed E-state index contributed by atoms with van der Waals surface area (Å²) in [4.78, 5) is 11.9. The van der Waals surface area contributed by atoms with Gasteiger partial charge in [-0.25, -0.2) is 4.79 Å². The van der Waals surface area contributed by atoms with Crippen molar-refractivity contribution in [1.29, 1.82) is 10.7 Å². The fourth-order valence-corrected chi connectivity index (χ4v) is 2.08. The maximum atomic E-state index is 11.9. The Hall–Kier alpha value is -3.66. The molecule has 0 aliphatic rings. The van der Waals surface area contributed by atoms with Gasteiger partial charge < -0.3 is 10.5 Å². The molecule has 0 saturated heterocycles. The van der Waals surface area contributed by atoms with Crippen molar-refractivity contribution in [2.75, 3.05) is 5.43 Å². The lowest BCUT2D eigenvalue weighted by molar-refractivity contribution is 0.0378. The normalized spacial score (nSPS) is 10.9. The van der Waals surface area contributed by atoms with Gasteiger partial charge in [-0.15, -0.1) is 0 Å². The molecule has 0 bridgehead atoms. The van der Waals surface area contributed by atoms with Crippen LogP contribution in [0.2, 0.25) is 0 Å².